The van der Waals surface area contributed by atoms with Gasteiger partial charge in [-0.05, 0) is 115 Å². The number of allylic oxidation sites excluding steroid dienone is 2. The summed E-state index contributed by atoms with van der Waals surface area (Å²) in [4.78, 5) is 8.72. The number of unbranched alkanes of at least 4 members (excludes halogenated alkanes) is 2. The van der Waals surface area contributed by atoms with E-state index < -0.39 is 0 Å². The van der Waals surface area contributed by atoms with Crippen LogP contribution in [0.1, 0.15) is 96.9 Å². The van der Waals surface area contributed by atoms with Crippen molar-refractivity contribution in [1.82, 2.24) is 0 Å². The zero-order chi connectivity index (χ0) is 32.9. The van der Waals surface area contributed by atoms with Crippen LogP contribution in [0.3, 0.4) is 0 Å². The third-order valence-corrected chi connectivity index (χ3v) is 15.8. The van der Waals surface area contributed by atoms with Gasteiger partial charge in [0.1, 0.15) is 21.8 Å². The Labute approximate surface area is 283 Å². The van der Waals surface area contributed by atoms with Gasteiger partial charge in [0.15, 0.2) is 32.8 Å². The van der Waals surface area contributed by atoms with Gasteiger partial charge in [-0.15, -0.1) is 0 Å². The first kappa shape index (κ1) is 32.8. The van der Waals surface area contributed by atoms with Crippen molar-refractivity contribution in [2.24, 2.45) is 0 Å². The number of ether oxygens (including phenoxy) is 2. The molecule has 0 spiro atoms. The Hall–Kier alpha value is -3.08. The van der Waals surface area contributed by atoms with Crippen molar-refractivity contribution in [3.05, 3.63) is 103 Å². The molecule has 2 nitrogen and oxygen atoms in total. The molecule has 0 bridgehead atoms. The maximum absolute atomic E-state index is 6.86. The molecular weight excluding hydrogens is 601 g/mol. The van der Waals surface area contributed by atoms with Crippen molar-refractivity contribution in [2.75, 3.05) is 0 Å². The molecule has 4 heteroatoms. The summed E-state index contributed by atoms with van der Waals surface area (Å²) in [6.07, 6.45) is 6.84. The summed E-state index contributed by atoms with van der Waals surface area (Å²) in [7, 11) is -0.528. The molecule has 2 atom stereocenters. The van der Waals surface area contributed by atoms with Crippen LogP contribution in [0.25, 0.3) is 0 Å². The van der Waals surface area contributed by atoms with Crippen LogP contribution < -0.4 is 9.47 Å². The van der Waals surface area contributed by atoms with Crippen LogP contribution in [0.15, 0.2) is 77.9 Å². The van der Waals surface area contributed by atoms with Crippen LogP contribution in [-0.4, -0.2) is 0 Å². The zero-order valence-corrected chi connectivity index (χ0v) is 31.1. The van der Waals surface area contributed by atoms with E-state index >= 15 is 0 Å². The fraction of sp³-hybridized carbons (Fsp3) is 0.381. The molecule has 2 heterocycles. The maximum atomic E-state index is 6.86. The minimum absolute atomic E-state index is 0.264. The van der Waals surface area contributed by atoms with Crippen LogP contribution in [-0.2, 0) is 21.8 Å². The van der Waals surface area contributed by atoms with Crippen molar-refractivity contribution in [3.63, 3.8) is 0 Å². The summed E-state index contributed by atoms with van der Waals surface area (Å²) < 4.78 is 13.7. The summed E-state index contributed by atoms with van der Waals surface area (Å²) in [6.45, 7) is 23.0. The van der Waals surface area contributed by atoms with E-state index in [2.05, 4.69) is 118 Å². The molecule has 4 aromatic rings. The molecule has 0 saturated carbocycles. The third kappa shape index (κ3) is 5.30. The summed E-state index contributed by atoms with van der Waals surface area (Å²) in [5.41, 5.74) is 10.8. The Balaban J connectivity index is 1.76. The molecule has 2 aliphatic rings. The van der Waals surface area contributed by atoms with Gasteiger partial charge in [-0.3, -0.25) is 0 Å². The molecule has 46 heavy (non-hydrogen) atoms. The van der Waals surface area contributed by atoms with Crippen molar-refractivity contribution < 1.29 is 9.47 Å². The highest BCUT2D eigenvalue weighted by Crippen LogP contribution is 2.57. The second-order valence-electron chi connectivity index (χ2n) is 13.1. The van der Waals surface area contributed by atoms with Crippen molar-refractivity contribution in [3.8, 4) is 23.0 Å². The average Bonchev–Trinajstić information content (AvgIpc) is 3.08. The lowest BCUT2D eigenvalue weighted by Gasteiger charge is -2.29. The number of fused-ring (bicyclic) bond motifs is 4. The molecule has 0 radical (unpaired) electrons. The van der Waals surface area contributed by atoms with Crippen LogP contribution >= 0.6 is 0 Å². The van der Waals surface area contributed by atoms with Gasteiger partial charge in [-0.25, -0.2) is 0 Å². The largest absolute Gasteiger partial charge is 0.446 e. The number of rotatable bonds is 8. The molecule has 0 N–H and O–H groups in total. The standard InChI is InChI=1S/C42H50O2S2/c1-11-13-21-37(45-35-23-17-15-19-33(35)43-39-29(7)25(3)27(5)31(9)41(39)45)38(22-14-12-2)46-36-24-18-16-20-34(36)44-40-30(8)26(4)28(6)32(10)42(40)46/h15-20,23-24H,11-14,21-22H2,1-10H3/q+2/b38-37+. The first-order chi connectivity index (χ1) is 22.1. The van der Waals surface area contributed by atoms with Gasteiger partial charge in [0.2, 0.25) is 19.6 Å². The lowest BCUT2D eigenvalue weighted by Crippen LogP contribution is -2.23. The molecule has 4 aromatic carbocycles. The van der Waals surface area contributed by atoms with Crippen molar-refractivity contribution in [1.29, 1.82) is 0 Å². The number of para-hydroxylation sites is 2. The van der Waals surface area contributed by atoms with E-state index in [1.54, 1.807) is 9.81 Å². The minimum Gasteiger partial charge on any atom is -0.446 e. The third-order valence-electron chi connectivity index (χ3n) is 10.4. The summed E-state index contributed by atoms with van der Waals surface area (Å²) >= 11 is 0. The smallest absolute Gasteiger partial charge is 0.212 e. The molecule has 0 aromatic heterocycles. The summed E-state index contributed by atoms with van der Waals surface area (Å²) in [5, 5.41) is 0. The Morgan fingerprint density at radius 3 is 1.20 bits per heavy atom. The zero-order valence-electron chi connectivity index (χ0n) is 29.5. The monoisotopic (exact) mass is 650 g/mol. The Morgan fingerprint density at radius 1 is 0.478 bits per heavy atom. The predicted molar refractivity (Wildman–Crippen MR) is 198 cm³/mol. The molecule has 6 rings (SSSR count). The van der Waals surface area contributed by atoms with Crippen LogP contribution in [0.5, 0.6) is 23.0 Å². The fourth-order valence-corrected chi connectivity index (χ4v) is 13.0. The Bertz CT molecular complexity index is 1730. The van der Waals surface area contributed by atoms with E-state index in [1.807, 2.05) is 0 Å². The van der Waals surface area contributed by atoms with Crippen LogP contribution in [0.4, 0.5) is 0 Å². The highest BCUT2D eigenvalue weighted by molar-refractivity contribution is 8.04. The molecule has 0 fully saturated rings. The van der Waals surface area contributed by atoms with Crippen LogP contribution in [0.2, 0.25) is 0 Å². The summed E-state index contributed by atoms with van der Waals surface area (Å²) in [6, 6.07) is 17.7. The SMILES string of the molecule is CCCC/C(=C(/CCCC)[S+]1c2ccccc2Oc2c(C)c(C)c(C)c(C)c21)[S+]1c2ccccc2Oc2c(C)c(C)c(C)c(C)c21. The molecule has 2 unspecified atom stereocenters. The molecule has 2 aliphatic heterocycles. The first-order valence-corrected chi connectivity index (χ1v) is 19.5. The van der Waals surface area contributed by atoms with E-state index in [1.165, 1.54) is 76.9 Å². The number of benzene rings is 4. The van der Waals surface area contributed by atoms with E-state index in [9.17, 15) is 0 Å². The summed E-state index contributed by atoms with van der Waals surface area (Å²) in [5.74, 6) is 4.20. The normalized spacial score (nSPS) is 16.8. The minimum atomic E-state index is -0.264. The fourth-order valence-electron chi connectivity index (χ4n) is 6.97. The van der Waals surface area contributed by atoms with Gasteiger partial charge in [-0.1, -0.05) is 51.0 Å². The Morgan fingerprint density at radius 2 is 0.826 bits per heavy atom. The van der Waals surface area contributed by atoms with E-state index in [-0.39, 0.29) is 21.8 Å². The van der Waals surface area contributed by atoms with E-state index in [4.69, 9.17) is 9.47 Å². The molecule has 240 valence electrons. The van der Waals surface area contributed by atoms with Crippen LogP contribution in [0, 0.1) is 55.4 Å². The molecule has 0 saturated heterocycles. The molecule has 0 amide bonds. The lowest BCUT2D eigenvalue weighted by atomic mass is 9.98. The van der Waals surface area contributed by atoms with Crippen molar-refractivity contribution >= 4 is 21.8 Å². The highest BCUT2D eigenvalue weighted by atomic mass is 32.2. The van der Waals surface area contributed by atoms with Gasteiger partial charge in [0.05, 0.1) is 0 Å². The van der Waals surface area contributed by atoms with Gasteiger partial charge in [0.25, 0.3) is 0 Å². The van der Waals surface area contributed by atoms with E-state index in [0.717, 1.165) is 48.7 Å². The molecular formula is C42H50O2S2+2. The predicted octanol–water partition coefficient (Wildman–Crippen LogP) is 12.7. The average molecular weight is 651 g/mol. The van der Waals surface area contributed by atoms with Gasteiger partial charge < -0.3 is 9.47 Å². The quantitative estimate of drug-likeness (QED) is 0.177. The lowest BCUT2D eigenvalue weighted by molar-refractivity contribution is 0.447. The highest BCUT2D eigenvalue weighted by Gasteiger charge is 2.51. The number of hydrogen-bond acceptors (Lipinski definition) is 2. The second kappa shape index (κ2) is 13.2. The van der Waals surface area contributed by atoms with Gasteiger partial charge in [0, 0.05) is 35.1 Å². The second-order valence-corrected chi connectivity index (χ2v) is 17.0. The van der Waals surface area contributed by atoms with Gasteiger partial charge >= 0.3 is 0 Å². The topological polar surface area (TPSA) is 18.5 Å². The molecule has 0 aliphatic carbocycles. The van der Waals surface area contributed by atoms with E-state index in [0.29, 0.717) is 0 Å². The van der Waals surface area contributed by atoms with Crippen molar-refractivity contribution in [2.45, 2.75) is 127 Å². The number of hydrogen-bond donors (Lipinski definition) is 0. The van der Waals surface area contributed by atoms with Gasteiger partial charge in [-0.2, -0.15) is 0 Å². The first-order valence-electron chi connectivity index (χ1n) is 17.1. The Kier molecular flexibility index (Phi) is 9.43. The maximum Gasteiger partial charge on any atom is 0.212 e.